The summed E-state index contributed by atoms with van der Waals surface area (Å²) in [7, 11) is -25.3. The Kier molecular flexibility index (Phi) is 11.1. The number of rotatable bonds is 4. The minimum Gasteiger partial charge on any atom is -0.417 e. The number of alkyl halides is 6. The van der Waals surface area contributed by atoms with E-state index in [4.69, 9.17) is 18.1 Å². The smallest absolute Gasteiger partial charge is 0.417 e. The van der Waals surface area contributed by atoms with Gasteiger partial charge in [-0.2, -0.15) is 34.8 Å². The number of hydrogen-bond donors (Lipinski definition) is 1. The van der Waals surface area contributed by atoms with E-state index in [1.165, 1.54) is 32.2 Å². The van der Waals surface area contributed by atoms with Crippen molar-refractivity contribution in [3.05, 3.63) is 142 Å². The van der Waals surface area contributed by atoms with Crippen molar-refractivity contribution in [2.75, 3.05) is 0 Å². The standard InChI is InChI=1S/C50H41F6N3O8P2S2/c1-25-9-13-37-33(17-25)21-29(5)45-41(37)42-38-14-10-26(2)18-34(38)22-30(6)46(42)65-68(64-45,58-70(60,61)49(51,52)53)57-69(59-71(62,63)50(54,55)56)66-47-31(7)23-35-19-27(3)11-15-39(35)43(47)44-40-16-12-28(4)20-36(40)24-32(8)48(44)67-69/h9-24,58H,1-8H3. The van der Waals surface area contributed by atoms with Gasteiger partial charge in [0, 0.05) is 22.3 Å². The number of fused-ring (bicyclic) bond motifs is 14. The van der Waals surface area contributed by atoms with E-state index in [9.17, 15) is 30.0 Å². The highest BCUT2D eigenvalue weighted by atomic mass is 32.2. The molecule has 11 nitrogen and oxygen atoms in total. The van der Waals surface area contributed by atoms with E-state index in [0.29, 0.717) is 43.1 Å². The largest absolute Gasteiger partial charge is 0.518 e. The summed E-state index contributed by atoms with van der Waals surface area (Å²) in [6.45, 7) is 13.5. The van der Waals surface area contributed by atoms with Crippen LogP contribution in [0.3, 0.4) is 0 Å². The molecule has 2 heterocycles. The van der Waals surface area contributed by atoms with Crippen LogP contribution in [0.1, 0.15) is 44.5 Å². The van der Waals surface area contributed by atoms with E-state index in [1.807, 2.05) is 52.0 Å². The lowest BCUT2D eigenvalue weighted by Gasteiger charge is -2.29. The number of sulfonamides is 2. The summed E-state index contributed by atoms with van der Waals surface area (Å²) >= 11 is 0. The Morgan fingerprint density at radius 1 is 0.437 bits per heavy atom. The van der Waals surface area contributed by atoms with Crippen LogP contribution >= 0.6 is 15.3 Å². The fourth-order valence-electron chi connectivity index (χ4n) is 9.29. The van der Waals surface area contributed by atoms with Crippen LogP contribution in [0.15, 0.2) is 106 Å². The van der Waals surface area contributed by atoms with Crippen molar-refractivity contribution in [3.63, 3.8) is 0 Å². The molecule has 0 saturated heterocycles. The topological polar surface area (TPSA) is 142 Å². The van der Waals surface area contributed by atoms with Crippen LogP contribution in [-0.4, -0.2) is 27.9 Å². The third kappa shape index (κ3) is 8.10. The molecule has 0 atom stereocenters. The number of nitrogens with one attached hydrogen (secondary N) is 1. The Morgan fingerprint density at radius 3 is 1.01 bits per heavy atom. The first-order chi connectivity index (χ1) is 33.1. The van der Waals surface area contributed by atoms with Gasteiger partial charge in [0.2, 0.25) is 0 Å². The SMILES string of the molecule is Cc1ccc2c3c(c(C)cc2c1)OP(=NS(=O)(=O)C(F)(F)F)(N=P1(NS(=O)(=O)C(F)(F)F)Oc2c(C)cc4cc(C)ccc4c2-c2c(c(C)cc4cc(C)ccc24)O1)Oc1c(C)cc2cc(C)ccc2c1-3. The van der Waals surface area contributed by atoms with Gasteiger partial charge in [-0.1, -0.05) is 99.2 Å². The van der Waals surface area contributed by atoms with Crippen LogP contribution in [0.4, 0.5) is 26.3 Å². The quantitative estimate of drug-likeness (QED) is 0.136. The minimum absolute atomic E-state index is 0.187. The molecule has 0 fully saturated rings. The molecule has 0 spiro atoms. The van der Waals surface area contributed by atoms with E-state index in [-0.39, 0.29) is 67.5 Å². The lowest BCUT2D eigenvalue weighted by molar-refractivity contribution is -0.0445. The summed E-state index contributed by atoms with van der Waals surface area (Å²) in [6, 6.07) is 27.9. The average Bonchev–Trinajstić information content (AvgIpc) is 3.48. The highest BCUT2D eigenvalue weighted by Crippen LogP contribution is 2.71. The van der Waals surface area contributed by atoms with Gasteiger partial charge in [-0.05, 0) is 145 Å². The first-order valence-corrected chi connectivity index (χ1v) is 27.8. The molecular formula is C50H41F6N3O8P2S2. The fraction of sp³-hybridized carbons (Fsp3) is 0.200. The van der Waals surface area contributed by atoms with Crippen LogP contribution in [-0.2, 0) is 20.0 Å². The Labute approximate surface area is 404 Å². The van der Waals surface area contributed by atoms with Gasteiger partial charge in [0.1, 0.15) is 23.0 Å². The van der Waals surface area contributed by atoms with Crippen molar-refractivity contribution in [2.24, 2.45) is 8.67 Å². The molecule has 0 bridgehead atoms. The average molecular weight is 1050 g/mol. The van der Waals surface area contributed by atoms with E-state index >= 15 is 13.2 Å². The molecule has 2 aliphatic rings. The molecule has 0 amide bonds. The molecule has 0 aromatic heterocycles. The lowest BCUT2D eigenvalue weighted by atomic mass is 9.88. The minimum atomic E-state index is -6.82. The van der Waals surface area contributed by atoms with Crippen LogP contribution < -0.4 is 22.6 Å². The summed E-state index contributed by atoms with van der Waals surface area (Å²) in [5, 5.41) is 4.34. The second kappa shape index (κ2) is 16.2. The number of hydrogen-bond acceptors (Lipinski definition) is 8. The van der Waals surface area contributed by atoms with E-state index in [2.05, 4.69) is 8.67 Å². The van der Waals surface area contributed by atoms with Gasteiger partial charge in [-0.15, -0.1) is 9.01 Å². The van der Waals surface area contributed by atoms with Crippen molar-refractivity contribution in [1.29, 1.82) is 0 Å². The maximum Gasteiger partial charge on any atom is 0.518 e. The predicted octanol–water partition coefficient (Wildman–Crippen LogP) is 15.5. The third-order valence-corrected chi connectivity index (χ3v) is 20.7. The Morgan fingerprint density at radius 2 is 0.732 bits per heavy atom. The molecule has 10 rings (SSSR count). The fourth-order valence-corrected chi connectivity index (χ4v) is 17.6. The molecule has 1 N–H and O–H groups in total. The van der Waals surface area contributed by atoms with Crippen LogP contribution in [0.25, 0.3) is 65.3 Å². The number of nitrogens with zero attached hydrogens (tertiary/aromatic N) is 2. The number of benzene rings is 8. The predicted molar refractivity (Wildman–Crippen MR) is 266 cm³/mol. The highest BCUT2D eigenvalue weighted by molar-refractivity contribution is 7.97. The summed E-state index contributed by atoms with van der Waals surface area (Å²) < 4.78 is 181. The first kappa shape index (κ1) is 48.5. The van der Waals surface area contributed by atoms with Crippen molar-refractivity contribution in [2.45, 2.75) is 66.4 Å². The van der Waals surface area contributed by atoms with Gasteiger partial charge in [0.15, 0.2) is 0 Å². The van der Waals surface area contributed by atoms with Crippen molar-refractivity contribution < 1.29 is 61.3 Å². The molecule has 21 heteroatoms. The zero-order chi connectivity index (χ0) is 51.1. The Hall–Kier alpha value is -6.10. The molecular weight excluding hydrogens is 1010 g/mol. The Balaban J connectivity index is 1.44. The van der Waals surface area contributed by atoms with Gasteiger partial charge < -0.3 is 18.1 Å². The maximum absolute atomic E-state index is 15.0. The second-order valence-corrected chi connectivity index (χ2v) is 25.7. The Bertz CT molecular complexity index is 3860. The molecule has 8 aromatic carbocycles. The highest BCUT2D eigenvalue weighted by Gasteiger charge is 2.55. The van der Waals surface area contributed by atoms with E-state index in [0.717, 1.165) is 22.3 Å². The second-order valence-electron chi connectivity index (χ2n) is 18.0. The van der Waals surface area contributed by atoms with Crippen LogP contribution in [0.5, 0.6) is 23.0 Å². The zero-order valence-electron chi connectivity index (χ0n) is 38.9. The first-order valence-electron chi connectivity index (χ1n) is 21.7. The summed E-state index contributed by atoms with van der Waals surface area (Å²) in [5.74, 6) is -1.21. The summed E-state index contributed by atoms with van der Waals surface area (Å²) in [5.41, 5.74) is -7.42. The number of aryl methyl sites for hydroxylation is 8. The molecule has 0 radical (unpaired) electrons. The summed E-state index contributed by atoms with van der Waals surface area (Å²) in [6.07, 6.45) is 0. The lowest BCUT2D eigenvalue weighted by Crippen LogP contribution is -2.37. The number of halogens is 6. The molecule has 2 aliphatic heterocycles. The maximum atomic E-state index is 15.0. The molecule has 0 unspecified atom stereocenters. The van der Waals surface area contributed by atoms with Gasteiger partial charge >= 0.3 is 46.4 Å². The van der Waals surface area contributed by atoms with Crippen molar-refractivity contribution in [1.82, 2.24) is 4.49 Å². The van der Waals surface area contributed by atoms with Crippen LogP contribution in [0, 0.1) is 55.4 Å². The monoisotopic (exact) mass is 1050 g/mol. The van der Waals surface area contributed by atoms with Gasteiger partial charge in [0.05, 0.1) is 0 Å². The van der Waals surface area contributed by atoms with Crippen molar-refractivity contribution >= 4 is 78.5 Å². The van der Waals surface area contributed by atoms with Gasteiger partial charge in [-0.3, -0.25) is 0 Å². The molecule has 0 saturated carbocycles. The van der Waals surface area contributed by atoms with Gasteiger partial charge in [-0.25, -0.2) is 8.42 Å². The zero-order valence-corrected chi connectivity index (χ0v) is 42.3. The molecule has 368 valence electrons. The molecule has 8 aromatic rings. The molecule has 71 heavy (non-hydrogen) atoms. The van der Waals surface area contributed by atoms with E-state index in [1.54, 1.807) is 72.8 Å². The van der Waals surface area contributed by atoms with Crippen LogP contribution in [0.2, 0.25) is 0 Å². The third-order valence-electron chi connectivity index (χ3n) is 12.4. The van der Waals surface area contributed by atoms with Crippen molar-refractivity contribution in [3.8, 4) is 45.3 Å². The molecule has 0 aliphatic carbocycles. The van der Waals surface area contributed by atoms with Gasteiger partial charge in [0.25, 0.3) is 0 Å². The van der Waals surface area contributed by atoms with E-state index < -0.39 is 46.4 Å². The normalized spacial score (nSPS) is 15.3. The summed E-state index contributed by atoms with van der Waals surface area (Å²) in [4.78, 5) is 0.